The van der Waals surface area contributed by atoms with Gasteiger partial charge in [-0.25, -0.2) is 10.1 Å². The molecule has 2 aliphatic rings. The van der Waals surface area contributed by atoms with Gasteiger partial charge in [0, 0.05) is 120 Å². The Kier molecular flexibility index (Phi) is 55.5. The van der Waals surface area contributed by atoms with Gasteiger partial charge in [-0.1, -0.05) is 139 Å². The molecule has 2 saturated heterocycles. The molecule has 2 aromatic carbocycles. The molecule has 5 heterocycles. The molecule has 52 heteroatoms. The van der Waals surface area contributed by atoms with Crippen LogP contribution < -0.4 is 97.0 Å². The summed E-state index contributed by atoms with van der Waals surface area (Å²) in [6.45, 7) is -3.42. The van der Waals surface area contributed by atoms with Crippen LogP contribution in [0.2, 0.25) is 0 Å². The molecule has 16 atom stereocenters. The smallest absolute Gasteiger partial charge is 0.246 e. The van der Waals surface area contributed by atoms with E-state index >= 15 is 28.8 Å². The van der Waals surface area contributed by atoms with Crippen molar-refractivity contribution >= 4 is 111 Å². The van der Waals surface area contributed by atoms with Crippen molar-refractivity contribution in [2.45, 2.75) is 303 Å². The lowest BCUT2D eigenvalue weighted by molar-refractivity contribution is -0.143. The number of primary amides is 2. The van der Waals surface area contributed by atoms with Crippen LogP contribution in [0.15, 0.2) is 73.3 Å². The van der Waals surface area contributed by atoms with Crippen molar-refractivity contribution in [3.05, 3.63) is 96.0 Å². The summed E-state index contributed by atoms with van der Waals surface area (Å²) >= 11 is 0. The fraction of sp³-hybridized carbons (Fsp3) is 0.635. The number of ether oxygens (including phenoxy) is 2. The molecular formula is C96H151N27O25. The van der Waals surface area contributed by atoms with Gasteiger partial charge in [-0.2, -0.15) is 0 Å². The topological polar surface area (TPSA) is 818 Å². The van der Waals surface area contributed by atoms with Crippen LogP contribution in [0.25, 0.3) is 10.9 Å². The van der Waals surface area contributed by atoms with Crippen LogP contribution in [0.5, 0.6) is 0 Å². The number of benzene rings is 2. The number of carbonyl (C=O) groups is 16. The van der Waals surface area contributed by atoms with Crippen molar-refractivity contribution in [1.82, 2.24) is 120 Å². The van der Waals surface area contributed by atoms with Crippen molar-refractivity contribution < 1.29 is 122 Å². The number of fused-ring (bicyclic) bond motifs is 2. The van der Waals surface area contributed by atoms with Gasteiger partial charge in [-0.3, -0.25) is 82.1 Å². The minimum absolute atomic E-state index is 0.0217. The van der Waals surface area contributed by atoms with Gasteiger partial charge >= 0.3 is 0 Å². The Labute approximate surface area is 856 Å². The highest BCUT2D eigenvalue weighted by atomic mass is 16.5. The van der Waals surface area contributed by atoms with E-state index in [1.54, 1.807) is 67.7 Å². The zero-order valence-corrected chi connectivity index (χ0v) is 83.7. The normalized spacial score (nSPS) is 19.1. The molecule has 0 radical (unpaired) electrons. The number of rotatable bonds is 63. The van der Waals surface area contributed by atoms with E-state index in [1.807, 2.05) is 0 Å². The molecule has 0 saturated carbocycles. The van der Waals surface area contributed by atoms with Gasteiger partial charge in [0.25, 0.3) is 0 Å². The number of aromatic amines is 3. The van der Waals surface area contributed by atoms with E-state index in [0.29, 0.717) is 34.9 Å². The Morgan fingerprint density at radius 3 is 1.87 bits per heavy atom. The van der Waals surface area contributed by atoms with Gasteiger partial charge in [0.1, 0.15) is 97.2 Å². The molecule has 2 fully saturated rings. The molecule has 5 aromatic rings. The SMILES string of the molecule is CCCC[C@H](NC(=O)[C@H](CNCC(O)C(O)C(O)C(O)CO)NC(=O)[C@H](Cc1cnc[nH]1)NC(=O)[C@H](CCC(N)=O)NC(=O)[C@H](CO)NC(=O)CNC(=O)COCCOCCNC(=O)CCCCCCCCCCCCCCCc1nnn[nH]1)C(=O)N[C@H]1CCC(=O)NCCCC[C@@H](C(N)=O)NC(=O)[C@H](Cc2c[nH]c3ccccc23)NC(=O)[C@H](CCCNC(=N)N)NC(=O)[C@@H](Cc2ccccc2)NC(=O)[C@@H]2C[C@@H](O)CN2C1=O. The van der Waals surface area contributed by atoms with Gasteiger partial charge < -0.3 is 157 Å². The second-order valence-electron chi connectivity index (χ2n) is 36.9. The van der Waals surface area contributed by atoms with Crippen LogP contribution in [-0.2, 0) is 112 Å². The summed E-state index contributed by atoms with van der Waals surface area (Å²) in [5.74, 6) is -14.9. The number of aliphatic hydroxyl groups excluding tert-OH is 7. The second kappa shape index (κ2) is 67.5. The number of carbonyl (C=O) groups excluding carboxylic acids is 16. The third-order valence-electron chi connectivity index (χ3n) is 25.0. The van der Waals surface area contributed by atoms with E-state index in [2.05, 4.69) is 115 Å². The second-order valence-corrected chi connectivity index (χ2v) is 36.9. The molecule has 7 rings (SSSR count). The maximum absolute atomic E-state index is 15.5. The average Bonchev–Trinajstić information content (AvgIpc) is 1.66. The number of aryl methyl sites for hydroxylation is 1. The first kappa shape index (κ1) is 122. The Morgan fingerprint density at radius 2 is 1.20 bits per heavy atom. The van der Waals surface area contributed by atoms with Crippen molar-refractivity contribution in [3.63, 3.8) is 0 Å². The number of amides is 16. The highest BCUT2D eigenvalue weighted by molar-refractivity contribution is 6.01. The standard InChI is InChI=1S/C96H151N27O25/c1-2-3-28-65(86(137)114-68-35-37-80(131)103-38-23-22-30-64(85(98)136)110-90(141)70(45-59-48-106-63-29-21-20-27-62(59)63)115-87(138)66(31-24-39-105-96(99)100)111-89(140)69(44-58-25-16-15-17-26-58)117-94(145)74-47-61(126)53-123(74)95(68)146)112-92(143)72(50-101-51-75(127)83(134)84(135)76(128)55-125)118-91(142)71(46-60-49-102-57-108-60)116-88(139)67(34-36-77(97)129)113-93(144)73(54-124)109-81(132)52-107-82(133)56-148-43-42-147-41-40-104-79(130)33-19-14-12-10-8-6-4-5-7-9-11-13-18-32-78-119-121-122-120-78/h15-17,20-21,25-27,29,48-49,57,61,64-76,83-84,101,106,124-128,134-135H,2-14,18-19,22-24,28,30-47,50-56H2,1H3,(H2,97,129)(H2,98,136)(H,102,108)(H,103,131)(H,104,130)(H,107,133)(H,109,132)(H,110,141)(H,111,140)(H,112,143)(H,113,144)(H,114,137)(H,115,138)(H,116,139)(H,117,145)(H,118,142)(H4,99,100,105)(H,119,120,121,122)/t61-,64+,65+,66+,67+,68+,69-,70+,71+,72+,73+,74+,75?,76?,83?,84?/m1/s1. The minimum Gasteiger partial charge on any atom is -0.394 e. The third-order valence-corrected chi connectivity index (χ3v) is 25.0. The van der Waals surface area contributed by atoms with E-state index in [9.17, 15) is 83.7 Å². The van der Waals surface area contributed by atoms with Crippen LogP contribution in [-0.4, -0.2) is 359 Å². The quantitative estimate of drug-likeness (QED) is 0.00978. The molecular weight excluding hydrogens is 1930 g/mol. The van der Waals surface area contributed by atoms with E-state index < -0.39 is 276 Å². The zero-order valence-electron chi connectivity index (χ0n) is 83.7. The van der Waals surface area contributed by atoms with Gasteiger partial charge in [0.2, 0.25) is 94.5 Å². The number of H-pyrrole nitrogens is 3. The largest absolute Gasteiger partial charge is 0.394 e. The molecule has 4 unspecified atom stereocenters. The molecule has 3 aromatic heterocycles. The average molecular weight is 2080 g/mol. The van der Waals surface area contributed by atoms with Crippen molar-refractivity contribution in [1.29, 1.82) is 5.41 Å². The summed E-state index contributed by atoms with van der Waals surface area (Å²) in [5.41, 5.74) is 18.9. The molecule has 0 bridgehead atoms. The lowest BCUT2D eigenvalue weighted by Gasteiger charge is -2.31. The predicted octanol–water partition coefficient (Wildman–Crippen LogP) is -6.49. The number of unbranched alkanes of at least 4 members (excludes halogenated alkanes) is 13. The molecule has 148 heavy (non-hydrogen) atoms. The first-order valence-corrected chi connectivity index (χ1v) is 50.7. The number of nitrogens with one attached hydrogen (secondary N) is 19. The van der Waals surface area contributed by atoms with Gasteiger partial charge in [0.05, 0.1) is 58.1 Å². The molecule has 2 aliphatic heterocycles. The first-order valence-electron chi connectivity index (χ1n) is 50.7. The van der Waals surface area contributed by atoms with E-state index in [-0.39, 0.29) is 109 Å². The van der Waals surface area contributed by atoms with Crippen LogP contribution in [0.1, 0.15) is 203 Å². The maximum atomic E-state index is 15.5. The number of imidazole rings is 1. The van der Waals surface area contributed by atoms with Crippen LogP contribution in [0.3, 0.4) is 0 Å². The molecule has 820 valence electrons. The van der Waals surface area contributed by atoms with Crippen LogP contribution in [0.4, 0.5) is 0 Å². The van der Waals surface area contributed by atoms with E-state index in [1.165, 1.54) is 63.9 Å². The maximum Gasteiger partial charge on any atom is 0.246 e. The summed E-state index contributed by atoms with van der Waals surface area (Å²) in [6, 6.07) is -3.03. The summed E-state index contributed by atoms with van der Waals surface area (Å²) in [5, 5.41) is 135. The number of aromatic nitrogens is 7. The lowest BCUT2D eigenvalue weighted by atomic mass is 10.0. The van der Waals surface area contributed by atoms with Gasteiger partial charge in [-0.05, 0) is 91.8 Å². The molecule has 0 aliphatic carbocycles. The van der Waals surface area contributed by atoms with Crippen LogP contribution in [0, 0.1) is 5.41 Å². The first-order chi connectivity index (χ1) is 71.1. The number of aliphatic hydroxyl groups is 7. The summed E-state index contributed by atoms with van der Waals surface area (Å²) in [6.07, 6.45) is 7.08. The van der Waals surface area contributed by atoms with Crippen molar-refractivity contribution in [2.75, 3.05) is 85.5 Å². The molecule has 16 amide bonds. The summed E-state index contributed by atoms with van der Waals surface area (Å²) < 4.78 is 10.9. The number of nitrogens with zero attached hydrogens (tertiary/aromatic N) is 5. The number of hydrogen-bond acceptors (Lipinski definition) is 31. The number of tetrazole rings is 1. The molecule has 32 N–H and O–H groups in total. The lowest BCUT2D eigenvalue weighted by Crippen LogP contribution is -2.62. The fourth-order valence-electron chi connectivity index (χ4n) is 16.7. The highest BCUT2D eigenvalue weighted by Gasteiger charge is 2.45. The van der Waals surface area contributed by atoms with Gasteiger partial charge in [-0.15, -0.1) is 5.10 Å². The minimum atomic E-state index is -2.17. The number of hydrogen-bond donors (Lipinski definition) is 29. The Balaban J connectivity index is 1.03. The molecule has 52 nitrogen and oxygen atoms in total. The van der Waals surface area contributed by atoms with E-state index in [0.717, 1.165) is 49.2 Å². The Morgan fingerprint density at radius 1 is 0.581 bits per heavy atom. The van der Waals surface area contributed by atoms with Crippen molar-refractivity contribution in [3.8, 4) is 0 Å². The Bertz CT molecular complexity index is 4970. The number of guanidine groups is 1. The zero-order chi connectivity index (χ0) is 108. The number of nitrogens with two attached hydrogens (primary N) is 3. The van der Waals surface area contributed by atoms with Crippen molar-refractivity contribution in [2.24, 2.45) is 17.2 Å². The third kappa shape index (κ3) is 45.2. The fourth-order valence-corrected chi connectivity index (χ4v) is 16.7. The summed E-state index contributed by atoms with van der Waals surface area (Å²) in [4.78, 5) is 238. The van der Waals surface area contributed by atoms with E-state index in [4.69, 9.17) is 32.1 Å². The highest BCUT2D eigenvalue weighted by Crippen LogP contribution is 2.25. The molecule has 0 spiro atoms. The van der Waals surface area contributed by atoms with Crippen LogP contribution >= 0.6 is 0 Å². The van der Waals surface area contributed by atoms with Gasteiger partial charge in [0.15, 0.2) is 5.96 Å². The monoisotopic (exact) mass is 2080 g/mol. The Hall–Kier alpha value is -13.4. The summed E-state index contributed by atoms with van der Waals surface area (Å²) in [7, 11) is 0. The number of para-hydroxylation sites is 1. The predicted molar refractivity (Wildman–Crippen MR) is 534 cm³/mol.